The molecule has 0 aliphatic rings. The lowest BCUT2D eigenvalue weighted by Crippen LogP contribution is -2.09. The number of rotatable bonds is 11. The lowest BCUT2D eigenvalue weighted by molar-refractivity contribution is 0.0604. The van der Waals surface area contributed by atoms with E-state index in [4.69, 9.17) is 9.47 Å². The second-order valence-electron chi connectivity index (χ2n) is 4.06. The predicted octanol–water partition coefficient (Wildman–Crippen LogP) is 3.30. The van der Waals surface area contributed by atoms with Crippen molar-refractivity contribution in [2.24, 2.45) is 0 Å². The number of ether oxygens (including phenoxy) is 2. The minimum absolute atomic E-state index is 0.702. The maximum atomic E-state index is 5.46. The third-order valence-electron chi connectivity index (χ3n) is 1.73. The molecule has 16 heavy (non-hydrogen) atoms. The Kier molecular flexibility index (Phi) is 12.6. The van der Waals surface area contributed by atoms with Crippen LogP contribution < -0.4 is 0 Å². The number of hydrogen-bond donors (Lipinski definition) is 0. The van der Waals surface area contributed by atoms with E-state index in [1.807, 2.05) is 23.5 Å². The third kappa shape index (κ3) is 14.6. The topological polar surface area (TPSA) is 18.5 Å². The van der Waals surface area contributed by atoms with Crippen molar-refractivity contribution in [2.45, 2.75) is 38.2 Å². The van der Waals surface area contributed by atoms with Crippen LogP contribution in [-0.2, 0) is 9.47 Å². The summed E-state index contributed by atoms with van der Waals surface area (Å²) in [4.78, 5) is 0. The minimum Gasteiger partial charge on any atom is -0.378 e. The van der Waals surface area contributed by atoms with Gasteiger partial charge in [-0.05, 0) is 10.5 Å². The summed E-state index contributed by atoms with van der Waals surface area (Å²) in [7, 11) is 0. The second-order valence-corrected chi connectivity index (χ2v) is 7.43. The highest BCUT2D eigenvalue weighted by atomic mass is 32.2. The molecule has 0 saturated carbocycles. The number of thioether (sulfide) groups is 2. The quantitative estimate of drug-likeness (QED) is 0.534. The van der Waals surface area contributed by atoms with Gasteiger partial charge in [0, 0.05) is 11.5 Å². The molecule has 98 valence electrons. The van der Waals surface area contributed by atoms with E-state index in [-0.39, 0.29) is 0 Å². The fourth-order valence-corrected chi connectivity index (χ4v) is 2.38. The smallest absolute Gasteiger partial charge is 0.0700 e. The minimum atomic E-state index is 0.702. The molecule has 0 aromatic carbocycles. The van der Waals surface area contributed by atoms with E-state index >= 15 is 0 Å². The van der Waals surface area contributed by atoms with E-state index in [1.54, 1.807) is 0 Å². The molecule has 0 heterocycles. The van der Waals surface area contributed by atoms with E-state index in [0.29, 0.717) is 10.5 Å². The molecule has 4 heteroatoms. The monoisotopic (exact) mass is 266 g/mol. The highest BCUT2D eigenvalue weighted by Gasteiger charge is 1.96. The molecule has 2 nitrogen and oxygen atoms in total. The zero-order valence-corrected chi connectivity index (χ0v) is 12.7. The summed E-state index contributed by atoms with van der Waals surface area (Å²) in [6.45, 7) is 12.0. The Labute approximate surface area is 109 Å². The fourth-order valence-electron chi connectivity index (χ4n) is 1.01. The molecule has 0 aromatic heterocycles. The Morgan fingerprint density at radius 1 is 0.688 bits per heavy atom. The van der Waals surface area contributed by atoms with Gasteiger partial charge in [0.1, 0.15) is 0 Å². The summed E-state index contributed by atoms with van der Waals surface area (Å²) >= 11 is 3.87. The van der Waals surface area contributed by atoms with Crippen molar-refractivity contribution >= 4 is 23.5 Å². The van der Waals surface area contributed by atoms with Crippen LogP contribution in [0.4, 0.5) is 0 Å². The molecule has 0 N–H and O–H groups in total. The summed E-state index contributed by atoms with van der Waals surface area (Å²) < 4.78 is 10.9. The van der Waals surface area contributed by atoms with Gasteiger partial charge in [-0.2, -0.15) is 23.5 Å². The molecule has 0 fully saturated rings. The predicted molar refractivity (Wildman–Crippen MR) is 76.8 cm³/mol. The average molecular weight is 266 g/mol. The van der Waals surface area contributed by atoms with Crippen LogP contribution in [0.3, 0.4) is 0 Å². The van der Waals surface area contributed by atoms with Crippen LogP contribution in [0.5, 0.6) is 0 Å². The Bertz CT molecular complexity index is 125. The van der Waals surface area contributed by atoms with Gasteiger partial charge in [0.25, 0.3) is 0 Å². The van der Waals surface area contributed by atoms with Crippen molar-refractivity contribution in [1.82, 2.24) is 0 Å². The average Bonchev–Trinajstić information content (AvgIpc) is 2.20. The van der Waals surface area contributed by atoms with Gasteiger partial charge in [-0.3, -0.25) is 0 Å². The summed E-state index contributed by atoms with van der Waals surface area (Å²) in [5, 5.41) is 1.40. The molecular weight excluding hydrogens is 240 g/mol. The first kappa shape index (κ1) is 16.6. The van der Waals surface area contributed by atoms with Crippen LogP contribution in [-0.4, -0.2) is 48.4 Å². The molecule has 0 saturated heterocycles. The van der Waals surface area contributed by atoms with Crippen LogP contribution in [0.1, 0.15) is 27.7 Å². The van der Waals surface area contributed by atoms with Gasteiger partial charge in [-0.1, -0.05) is 27.7 Å². The molecule has 0 spiro atoms. The van der Waals surface area contributed by atoms with Crippen LogP contribution in [0.2, 0.25) is 0 Å². The molecular formula is C12H26O2S2. The van der Waals surface area contributed by atoms with E-state index in [9.17, 15) is 0 Å². The van der Waals surface area contributed by atoms with Crippen LogP contribution >= 0.6 is 23.5 Å². The summed E-state index contributed by atoms with van der Waals surface area (Å²) in [6, 6.07) is 0. The van der Waals surface area contributed by atoms with Gasteiger partial charge in [0.15, 0.2) is 0 Å². The van der Waals surface area contributed by atoms with Crippen molar-refractivity contribution < 1.29 is 9.47 Å². The van der Waals surface area contributed by atoms with E-state index in [0.717, 1.165) is 37.9 Å². The number of hydrogen-bond acceptors (Lipinski definition) is 4. The van der Waals surface area contributed by atoms with Crippen LogP contribution in [0, 0.1) is 0 Å². The molecule has 0 radical (unpaired) electrons. The van der Waals surface area contributed by atoms with Crippen molar-refractivity contribution in [3.63, 3.8) is 0 Å². The SMILES string of the molecule is CC(C)SCCOCCOCCSC(C)C. The summed E-state index contributed by atoms with van der Waals surface area (Å²) in [5.74, 6) is 2.17. The Morgan fingerprint density at radius 3 is 1.38 bits per heavy atom. The zero-order chi connectivity index (χ0) is 12.2. The molecule has 0 rings (SSSR count). The van der Waals surface area contributed by atoms with E-state index in [1.165, 1.54) is 0 Å². The fraction of sp³-hybridized carbons (Fsp3) is 1.00. The summed E-state index contributed by atoms with van der Waals surface area (Å²) in [6.07, 6.45) is 0. The molecule has 0 aliphatic carbocycles. The molecule has 0 amide bonds. The molecule has 0 aromatic rings. The standard InChI is InChI=1S/C12H26O2S2/c1-11(2)15-9-7-13-5-6-14-8-10-16-12(3)4/h11-12H,5-10H2,1-4H3. The zero-order valence-electron chi connectivity index (χ0n) is 11.0. The Hall–Kier alpha value is 0.620. The lowest BCUT2D eigenvalue weighted by atomic mass is 10.6. The highest BCUT2D eigenvalue weighted by Crippen LogP contribution is 2.08. The van der Waals surface area contributed by atoms with Gasteiger partial charge >= 0.3 is 0 Å². The van der Waals surface area contributed by atoms with Gasteiger partial charge in [0.05, 0.1) is 26.4 Å². The lowest BCUT2D eigenvalue weighted by Gasteiger charge is -2.07. The molecule has 0 bridgehead atoms. The molecule has 0 unspecified atom stereocenters. The Morgan fingerprint density at radius 2 is 1.06 bits per heavy atom. The van der Waals surface area contributed by atoms with Crippen LogP contribution in [0.25, 0.3) is 0 Å². The van der Waals surface area contributed by atoms with Crippen molar-refractivity contribution in [3.05, 3.63) is 0 Å². The summed E-state index contributed by atoms with van der Waals surface area (Å²) in [5.41, 5.74) is 0. The van der Waals surface area contributed by atoms with Gasteiger partial charge < -0.3 is 9.47 Å². The maximum Gasteiger partial charge on any atom is 0.0700 e. The van der Waals surface area contributed by atoms with Gasteiger partial charge in [-0.15, -0.1) is 0 Å². The van der Waals surface area contributed by atoms with Crippen molar-refractivity contribution in [2.75, 3.05) is 37.9 Å². The van der Waals surface area contributed by atoms with Crippen LogP contribution in [0.15, 0.2) is 0 Å². The van der Waals surface area contributed by atoms with Crippen molar-refractivity contribution in [3.8, 4) is 0 Å². The van der Waals surface area contributed by atoms with Gasteiger partial charge in [-0.25, -0.2) is 0 Å². The first-order valence-corrected chi connectivity index (χ1v) is 8.11. The van der Waals surface area contributed by atoms with Crippen molar-refractivity contribution in [1.29, 1.82) is 0 Å². The largest absolute Gasteiger partial charge is 0.378 e. The second kappa shape index (κ2) is 12.1. The molecule has 0 atom stereocenters. The van der Waals surface area contributed by atoms with E-state index in [2.05, 4.69) is 27.7 Å². The first-order chi connectivity index (χ1) is 7.63. The third-order valence-corrected chi connectivity index (χ3v) is 3.87. The highest BCUT2D eigenvalue weighted by molar-refractivity contribution is 8.00. The first-order valence-electron chi connectivity index (χ1n) is 6.01. The van der Waals surface area contributed by atoms with Gasteiger partial charge in [0.2, 0.25) is 0 Å². The molecule has 0 aliphatic heterocycles. The Balaban J connectivity index is 2.93. The normalized spacial score (nSPS) is 11.6. The maximum absolute atomic E-state index is 5.46. The van der Waals surface area contributed by atoms with E-state index < -0.39 is 0 Å².